The molecule has 0 aliphatic rings. The van der Waals surface area contributed by atoms with E-state index in [0.717, 1.165) is 23.3 Å². The largest absolute Gasteiger partial charge is 0.391 e. The average molecular weight is 315 g/mol. The highest BCUT2D eigenvalue weighted by Gasteiger charge is 2.23. The summed E-state index contributed by atoms with van der Waals surface area (Å²) in [5.74, 6) is -1.18. The summed E-state index contributed by atoms with van der Waals surface area (Å²) in [7, 11) is 0. The van der Waals surface area contributed by atoms with Gasteiger partial charge in [-0.05, 0) is 38.1 Å². The third-order valence-electron chi connectivity index (χ3n) is 3.63. The standard InChI is InChI=1S/C18H15F2NO2/c1-10-6-11(2)8-12(7-10)18-13(9-22)17(21-23-18)16-14(19)4-3-5-15(16)20/h3-8,22H,9H2,1-2H3. The van der Waals surface area contributed by atoms with Crippen molar-refractivity contribution < 1.29 is 18.4 Å². The van der Waals surface area contributed by atoms with Crippen LogP contribution < -0.4 is 0 Å². The summed E-state index contributed by atoms with van der Waals surface area (Å²) < 4.78 is 33.3. The summed E-state index contributed by atoms with van der Waals surface area (Å²) in [6, 6.07) is 9.30. The van der Waals surface area contributed by atoms with Crippen LogP contribution in [0, 0.1) is 25.5 Å². The van der Waals surface area contributed by atoms with Crippen LogP contribution in [0.2, 0.25) is 0 Å². The molecule has 5 heteroatoms. The summed E-state index contributed by atoms with van der Waals surface area (Å²) >= 11 is 0. The van der Waals surface area contributed by atoms with E-state index in [1.54, 1.807) is 0 Å². The Kier molecular flexibility index (Phi) is 3.96. The number of halogens is 2. The minimum absolute atomic E-state index is 0.0164. The first-order valence-electron chi connectivity index (χ1n) is 7.13. The van der Waals surface area contributed by atoms with E-state index in [2.05, 4.69) is 5.16 Å². The van der Waals surface area contributed by atoms with E-state index >= 15 is 0 Å². The van der Waals surface area contributed by atoms with E-state index in [1.807, 2.05) is 32.0 Å². The second-order valence-corrected chi connectivity index (χ2v) is 5.47. The number of hydrogen-bond acceptors (Lipinski definition) is 3. The van der Waals surface area contributed by atoms with E-state index < -0.39 is 18.2 Å². The molecule has 3 aromatic rings. The number of nitrogens with zero attached hydrogens (tertiary/aromatic N) is 1. The van der Waals surface area contributed by atoms with Gasteiger partial charge in [0.2, 0.25) is 0 Å². The molecule has 0 saturated heterocycles. The average Bonchev–Trinajstić information content (AvgIpc) is 2.89. The molecule has 0 fully saturated rings. The van der Waals surface area contributed by atoms with Crippen LogP contribution in [-0.4, -0.2) is 10.3 Å². The summed E-state index contributed by atoms with van der Waals surface area (Å²) in [4.78, 5) is 0. The maximum atomic E-state index is 14.0. The Morgan fingerprint density at radius 3 is 2.22 bits per heavy atom. The summed E-state index contributed by atoms with van der Waals surface area (Å²) in [6.45, 7) is 3.43. The van der Waals surface area contributed by atoms with Gasteiger partial charge in [-0.2, -0.15) is 0 Å². The molecule has 23 heavy (non-hydrogen) atoms. The van der Waals surface area contributed by atoms with Crippen LogP contribution in [0.15, 0.2) is 40.9 Å². The quantitative estimate of drug-likeness (QED) is 0.779. The molecule has 0 atom stereocenters. The van der Waals surface area contributed by atoms with Crippen molar-refractivity contribution in [1.29, 1.82) is 0 Å². The Labute approximate surface area is 132 Å². The predicted molar refractivity (Wildman–Crippen MR) is 82.7 cm³/mol. The van der Waals surface area contributed by atoms with Gasteiger partial charge in [-0.15, -0.1) is 0 Å². The zero-order valence-electron chi connectivity index (χ0n) is 12.7. The molecule has 0 aliphatic carbocycles. The summed E-state index contributed by atoms with van der Waals surface area (Å²) in [5.41, 5.74) is 2.69. The van der Waals surface area contributed by atoms with Crippen LogP contribution in [0.25, 0.3) is 22.6 Å². The lowest BCUT2D eigenvalue weighted by atomic mass is 9.99. The highest BCUT2D eigenvalue weighted by molar-refractivity contribution is 5.73. The highest BCUT2D eigenvalue weighted by atomic mass is 19.1. The Balaban J connectivity index is 2.21. The molecule has 0 aliphatic heterocycles. The second kappa shape index (κ2) is 5.93. The van der Waals surface area contributed by atoms with E-state index in [1.165, 1.54) is 6.07 Å². The van der Waals surface area contributed by atoms with Gasteiger partial charge in [0.1, 0.15) is 17.3 Å². The number of benzene rings is 2. The van der Waals surface area contributed by atoms with Crippen molar-refractivity contribution in [2.45, 2.75) is 20.5 Å². The molecular weight excluding hydrogens is 300 g/mol. The normalized spacial score (nSPS) is 11.0. The smallest absolute Gasteiger partial charge is 0.173 e. The molecule has 1 aromatic heterocycles. The molecule has 0 saturated carbocycles. The topological polar surface area (TPSA) is 46.3 Å². The van der Waals surface area contributed by atoms with Crippen molar-refractivity contribution in [2.24, 2.45) is 0 Å². The lowest BCUT2D eigenvalue weighted by molar-refractivity contribution is 0.281. The van der Waals surface area contributed by atoms with Gasteiger partial charge < -0.3 is 9.63 Å². The molecule has 0 spiro atoms. The van der Waals surface area contributed by atoms with Crippen molar-refractivity contribution in [3.05, 3.63) is 64.7 Å². The van der Waals surface area contributed by atoms with Crippen LogP contribution in [0.4, 0.5) is 8.78 Å². The fourth-order valence-corrected chi connectivity index (χ4v) is 2.71. The van der Waals surface area contributed by atoms with Gasteiger partial charge in [-0.3, -0.25) is 0 Å². The van der Waals surface area contributed by atoms with Crippen molar-refractivity contribution in [2.75, 3.05) is 0 Å². The lowest BCUT2D eigenvalue weighted by Gasteiger charge is -2.05. The third-order valence-corrected chi connectivity index (χ3v) is 3.63. The van der Waals surface area contributed by atoms with Crippen LogP contribution in [0.3, 0.4) is 0 Å². The minimum Gasteiger partial charge on any atom is -0.391 e. The Morgan fingerprint density at radius 1 is 1.04 bits per heavy atom. The maximum Gasteiger partial charge on any atom is 0.173 e. The fraction of sp³-hybridized carbons (Fsp3) is 0.167. The minimum atomic E-state index is -0.750. The van der Waals surface area contributed by atoms with Gasteiger partial charge >= 0.3 is 0 Å². The molecule has 0 radical (unpaired) electrons. The molecule has 1 N–H and O–H groups in total. The predicted octanol–water partition coefficient (Wildman–Crippen LogP) is 4.40. The molecule has 3 nitrogen and oxygen atoms in total. The molecular formula is C18H15F2NO2. The van der Waals surface area contributed by atoms with Gasteiger partial charge in [0.25, 0.3) is 0 Å². The van der Waals surface area contributed by atoms with Gasteiger partial charge in [-0.25, -0.2) is 8.78 Å². The van der Waals surface area contributed by atoms with Gasteiger partial charge in [0, 0.05) is 5.56 Å². The zero-order valence-corrected chi connectivity index (χ0v) is 12.7. The molecule has 118 valence electrons. The molecule has 1 heterocycles. The summed E-state index contributed by atoms with van der Waals surface area (Å²) in [5, 5.41) is 13.5. The number of aliphatic hydroxyl groups excluding tert-OH is 1. The van der Waals surface area contributed by atoms with Crippen LogP contribution in [0.5, 0.6) is 0 Å². The Bertz CT molecular complexity index is 831. The first-order valence-corrected chi connectivity index (χ1v) is 7.13. The van der Waals surface area contributed by atoms with Gasteiger partial charge in [-0.1, -0.05) is 28.4 Å². The monoisotopic (exact) mass is 315 g/mol. The van der Waals surface area contributed by atoms with E-state index in [9.17, 15) is 13.9 Å². The fourth-order valence-electron chi connectivity index (χ4n) is 2.71. The van der Waals surface area contributed by atoms with Crippen molar-refractivity contribution in [3.8, 4) is 22.6 Å². The number of aromatic nitrogens is 1. The van der Waals surface area contributed by atoms with Crippen LogP contribution in [-0.2, 0) is 6.61 Å². The number of rotatable bonds is 3. The molecule has 0 unspecified atom stereocenters. The van der Waals surface area contributed by atoms with E-state index in [4.69, 9.17) is 4.52 Å². The maximum absolute atomic E-state index is 14.0. The van der Waals surface area contributed by atoms with Crippen LogP contribution in [0.1, 0.15) is 16.7 Å². The third kappa shape index (κ3) is 2.75. The van der Waals surface area contributed by atoms with E-state index in [-0.39, 0.29) is 16.8 Å². The molecule has 2 aromatic carbocycles. The highest BCUT2D eigenvalue weighted by Crippen LogP contribution is 2.35. The Morgan fingerprint density at radius 2 is 1.65 bits per heavy atom. The first kappa shape index (κ1) is 15.4. The summed E-state index contributed by atoms with van der Waals surface area (Å²) in [6.07, 6.45) is 0. The van der Waals surface area contributed by atoms with Crippen LogP contribution >= 0.6 is 0 Å². The number of aryl methyl sites for hydroxylation is 2. The van der Waals surface area contributed by atoms with E-state index in [0.29, 0.717) is 11.3 Å². The number of aliphatic hydroxyl groups is 1. The molecule has 3 rings (SSSR count). The lowest BCUT2D eigenvalue weighted by Crippen LogP contribution is -1.95. The zero-order chi connectivity index (χ0) is 16.6. The number of hydrogen-bond donors (Lipinski definition) is 1. The first-order chi connectivity index (χ1) is 11.0. The SMILES string of the molecule is Cc1cc(C)cc(-c2onc(-c3c(F)cccc3F)c2CO)c1. The van der Waals surface area contributed by atoms with Gasteiger partial charge in [0.15, 0.2) is 5.76 Å². The second-order valence-electron chi connectivity index (χ2n) is 5.47. The molecule has 0 amide bonds. The van der Waals surface area contributed by atoms with Crippen molar-refractivity contribution in [3.63, 3.8) is 0 Å². The van der Waals surface area contributed by atoms with Crippen molar-refractivity contribution >= 4 is 0 Å². The van der Waals surface area contributed by atoms with Gasteiger partial charge in [0.05, 0.1) is 17.7 Å². The molecule has 0 bridgehead atoms. The van der Waals surface area contributed by atoms with Crippen molar-refractivity contribution in [1.82, 2.24) is 5.16 Å². The Hall–Kier alpha value is -2.53.